The van der Waals surface area contributed by atoms with E-state index in [1.807, 2.05) is 0 Å². The molecule has 2 rings (SSSR count). The molecule has 0 aliphatic carbocycles. The molecule has 0 aromatic heterocycles. The summed E-state index contributed by atoms with van der Waals surface area (Å²) in [6, 6.07) is 3.69. The van der Waals surface area contributed by atoms with Crippen LogP contribution in [0.3, 0.4) is 0 Å². The molecular formula is C15H22F3N3O3S. The summed E-state index contributed by atoms with van der Waals surface area (Å²) in [7, 11) is -4.03. The predicted molar refractivity (Wildman–Crippen MR) is 87.1 cm³/mol. The number of ether oxygens (including phenoxy) is 1. The molecule has 1 saturated heterocycles. The zero-order valence-electron chi connectivity index (χ0n) is 13.8. The molecule has 1 atom stereocenters. The summed E-state index contributed by atoms with van der Waals surface area (Å²) in [5.74, 6) is 0.496. The monoisotopic (exact) mass is 381 g/mol. The molecule has 10 heteroatoms. The summed E-state index contributed by atoms with van der Waals surface area (Å²) in [5.41, 5.74) is 0. The number of hydrogen-bond acceptors (Lipinski definition) is 5. The van der Waals surface area contributed by atoms with Crippen molar-refractivity contribution in [3.63, 3.8) is 0 Å². The first kappa shape index (κ1) is 20.0. The van der Waals surface area contributed by atoms with Crippen LogP contribution >= 0.6 is 0 Å². The van der Waals surface area contributed by atoms with Crippen molar-refractivity contribution in [3.05, 3.63) is 24.3 Å². The molecule has 0 saturated carbocycles. The van der Waals surface area contributed by atoms with E-state index in [1.54, 1.807) is 6.92 Å². The zero-order valence-corrected chi connectivity index (χ0v) is 14.7. The van der Waals surface area contributed by atoms with E-state index in [4.69, 9.17) is 4.74 Å². The van der Waals surface area contributed by atoms with Crippen LogP contribution in [-0.2, 0) is 10.0 Å². The van der Waals surface area contributed by atoms with Crippen molar-refractivity contribution in [1.82, 2.24) is 14.9 Å². The Balaban J connectivity index is 2.07. The molecule has 1 aliphatic heterocycles. The number of halogens is 3. The van der Waals surface area contributed by atoms with Crippen molar-refractivity contribution in [2.45, 2.75) is 24.0 Å². The van der Waals surface area contributed by atoms with E-state index in [2.05, 4.69) is 10.0 Å². The van der Waals surface area contributed by atoms with Crippen LogP contribution in [0.1, 0.15) is 6.92 Å². The van der Waals surface area contributed by atoms with E-state index < -0.39 is 28.8 Å². The molecule has 1 fully saturated rings. The fourth-order valence-electron chi connectivity index (χ4n) is 2.60. The van der Waals surface area contributed by atoms with Gasteiger partial charge in [-0.25, -0.2) is 13.1 Å². The molecule has 1 aromatic rings. The van der Waals surface area contributed by atoms with E-state index >= 15 is 0 Å². The first-order chi connectivity index (χ1) is 11.7. The molecule has 2 N–H and O–H groups in total. The molecule has 1 heterocycles. The number of nitrogens with zero attached hydrogens (tertiary/aromatic N) is 1. The van der Waals surface area contributed by atoms with Gasteiger partial charge in [0, 0.05) is 32.7 Å². The number of alkyl halides is 3. The van der Waals surface area contributed by atoms with Crippen molar-refractivity contribution in [3.8, 4) is 5.75 Å². The molecule has 6 nitrogen and oxygen atoms in total. The maximum Gasteiger partial charge on any atom is 0.405 e. The lowest BCUT2D eigenvalue weighted by atomic mass is 10.2. The molecule has 0 radical (unpaired) electrons. The summed E-state index contributed by atoms with van der Waals surface area (Å²) in [4.78, 5) is 1.15. The van der Waals surface area contributed by atoms with Gasteiger partial charge < -0.3 is 10.1 Å². The van der Waals surface area contributed by atoms with Crippen LogP contribution in [0.2, 0.25) is 0 Å². The molecule has 25 heavy (non-hydrogen) atoms. The average molecular weight is 381 g/mol. The Hall–Kier alpha value is -1.36. The topological polar surface area (TPSA) is 70.7 Å². The zero-order chi connectivity index (χ0) is 18.5. The van der Waals surface area contributed by atoms with E-state index in [0.717, 1.165) is 0 Å². The number of rotatable bonds is 7. The Kier molecular flexibility index (Phi) is 6.66. The second kappa shape index (κ2) is 8.35. The third kappa shape index (κ3) is 5.56. The van der Waals surface area contributed by atoms with Gasteiger partial charge in [-0.2, -0.15) is 13.2 Å². The maximum atomic E-state index is 13.3. The molecule has 1 aromatic carbocycles. The normalized spacial score (nSPS) is 18.1. The van der Waals surface area contributed by atoms with Crippen molar-refractivity contribution in [2.75, 3.05) is 39.3 Å². The minimum Gasteiger partial charge on any atom is -0.494 e. The van der Waals surface area contributed by atoms with Crippen LogP contribution in [0.25, 0.3) is 0 Å². The summed E-state index contributed by atoms with van der Waals surface area (Å²) in [6.07, 6.45) is -4.52. The van der Waals surface area contributed by atoms with Crippen LogP contribution in [0.4, 0.5) is 13.2 Å². The Morgan fingerprint density at radius 2 is 1.84 bits per heavy atom. The van der Waals surface area contributed by atoms with Crippen LogP contribution < -0.4 is 14.8 Å². The van der Waals surface area contributed by atoms with E-state index in [0.29, 0.717) is 25.4 Å². The fraction of sp³-hybridized carbons (Fsp3) is 0.600. The van der Waals surface area contributed by atoms with Gasteiger partial charge in [0.15, 0.2) is 0 Å². The molecule has 0 amide bonds. The van der Waals surface area contributed by atoms with E-state index in [1.165, 1.54) is 29.2 Å². The van der Waals surface area contributed by atoms with Crippen molar-refractivity contribution in [2.24, 2.45) is 0 Å². The molecule has 0 spiro atoms. The quantitative estimate of drug-likeness (QED) is 0.743. The molecule has 1 unspecified atom stereocenters. The minimum absolute atomic E-state index is 0.0998. The molecule has 1 aliphatic rings. The van der Waals surface area contributed by atoms with E-state index in [9.17, 15) is 21.6 Å². The Labute approximate surface area is 145 Å². The van der Waals surface area contributed by atoms with Crippen molar-refractivity contribution >= 4 is 10.0 Å². The summed E-state index contributed by atoms with van der Waals surface area (Å²) >= 11 is 0. The van der Waals surface area contributed by atoms with Gasteiger partial charge in [0.1, 0.15) is 11.8 Å². The van der Waals surface area contributed by atoms with Gasteiger partial charge in [-0.1, -0.05) is 0 Å². The molecular weight excluding hydrogens is 359 g/mol. The minimum atomic E-state index is -4.52. The van der Waals surface area contributed by atoms with Crippen LogP contribution in [0.5, 0.6) is 5.75 Å². The summed E-state index contributed by atoms with van der Waals surface area (Å²) in [5, 5.41) is 2.98. The standard InChI is InChI=1S/C15H22F3N3O3S/c1-2-24-12-3-5-13(6-4-12)25(22,23)20-11-14(15(16,17)18)21-9-7-19-8-10-21/h3-6,14,19-20H,2,7-11H2,1H3. The number of nitrogens with one attached hydrogen (secondary N) is 2. The molecule has 142 valence electrons. The Bertz CT molecular complexity index is 644. The Morgan fingerprint density at radius 1 is 1.24 bits per heavy atom. The lowest BCUT2D eigenvalue weighted by molar-refractivity contribution is -0.182. The third-order valence-corrected chi connectivity index (χ3v) is 5.32. The second-order valence-corrected chi connectivity index (χ2v) is 7.37. The van der Waals surface area contributed by atoms with E-state index in [-0.39, 0.29) is 18.0 Å². The lowest BCUT2D eigenvalue weighted by Gasteiger charge is -2.35. The van der Waals surface area contributed by atoms with Crippen LogP contribution in [0, 0.1) is 0 Å². The van der Waals surface area contributed by atoms with Gasteiger partial charge >= 0.3 is 6.18 Å². The highest BCUT2D eigenvalue weighted by atomic mass is 32.2. The lowest BCUT2D eigenvalue weighted by Crippen LogP contribution is -2.57. The first-order valence-electron chi connectivity index (χ1n) is 7.98. The smallest absolute Gasteiger partial charge is 0.405 e. The number of hydrogen-bond donors (Lipinski definition) is 2. The SMILES string of the molecule is CCOc1ccc(S(=O)(=O)NCC(N2CCNCC2)C(F)(F)F)cc1. The van der Waals surface area contributed by atoms with Gasteiger partial charge in [-0.15, -0.1) is 0 Å². The summed E-state index contributed by atoms with van der Waals surface area (Å²) in [6.45, 7) is 2.82. The van der Waals surface area contributed by atoms with Crippen LogP contribution in [-0.4, -0.2) is 64.9 Å². The van der Waals surface area contributed by atoms with Crippen molar-refractivity contribution < 1.29 is 26.3 Å². The maximum absolute atomic E-state index is 13.3. The van der Waals surface area contributed by atoms with Gasteiger partial charge in [0.2, 0.25) is 10.0 Å². The highest BCUT2D eigenvalue weighted by Gasteiger charge is 2.44. The predicted octanol–water partition coefficient (Wildman–Crippen LogP) is 1.20. The summed E-state index contributed by atoms with van der Waals surface area (Å²) < 4.78 is 71.7. The number of piperazine rings is 1. The largest absolute Gasteiger partial charge is 0.494 e. The molecule has 0 bridgehead atoms. The highest BCUT2D eigenvalue weighted by Crippen LogP contribution is 2.25. The first-order valence-corrected chi connectivity index (χ1v) is 9.46. The van der Waals surface area contributed by atoms with Crippen molar-refractivity contribution in [1.29, 1.82) is 0 Å². The van der Waals surface area contributed by atoms with Gasteiger partial charge in [0.25, 0.3) is 0 Å². The third-order valence-electron chi connectivity index (χ3n) is 3.88. The fourth-order valence-corrected chi connectivity index (χ4v) is 3.64. The van der Waals surface area contributed by atoms with Gasteiger partial charge in [0.05, 0.1) is 11.5 Å². The number of sulfonamides is 1. The second-order valence-electron chi connectivity index (χ2n) is 5.60. The number of benzene rings is 1. The highest BCUT2D eigenvalue weighted by molar-refractivity contribution is 7.89. The average Bonchev–Trinajstić information content (AvgIpc) is 2.55. The van der Waals surface area contributed by atoms with Crippen LogP contribution in [0.15, 0.2) is 29.2 Å². The Morgan fingerprint density at radius 3 is 2.36 bits per heavy atom. The van der Waals surface area contributed by atoms with Gasteiger partial charge in [-0.3, -0.25) is 4.90 Å². The van der Waals surface area contributed by atoms with Gasteiger partial charge in [-0.05, 0) is 31.2 Å².